The number of esters is 1. The molecule has 4 heteroatoms. The zero-order chi connectivity index (χ0) is 15.0. The number of carbonyl (C=O) groups is 1. The van der Waals surface area contributed by atoms with E-state index in [1.54, 1.807) is 0 Å². The maximum atomic E-state index is 12.2. The maximum absolute atomic E-state index is 12.2. The van der Waals surface area contributed by atoms with Crippen LogP contribution in [0.1, 0.15) is 25.3 Å². The van der Waals surface area contributed by atoms with Crippen molar-refractivity contribution in [2.75, 3.05) is 0 Å². The third kappa shape index (κ3) is 2.53. The minimum Gasteiger partial charge on any atom is -0.461 e. The van der Waals surface area contributed by atoms with Crippen LogP contribution >= 0.6 is 0 Å². The van der Waals surface area contributed by atoms with Gasteiger partial charge in [-0.1, -0.05) is 49.4 Å². The Kier molecular flexibility index (Phi) is 3.66. The third-order valence-corrected chi connectivity index (χ3v) is 4.98. The second-order valence-electron chi connectivity index (χ2n) is 6.36. The predicted molar refractivity (Wildman–Crippen MR) is 83.4 cm³/mol. The highest BCUT2D eigenvalue weighted by Crippen LogP contribution is 2.55. The van der Waals surface area contributed by atoms with Crippen molar-refractivity contribution in [1.29, 1.82) is 0 Å². The first-order valence-corrected chi connectivity index (χ1v) is 7.57. The summed E-state index contributed by atoms with van der Waals surface area (Å²) < 4.78 is 11.5. The molecule has 2 aliphatic rings. The van der Waals surface area contributed by atoms with Gasteiger partial charge in [0.2, 0.25) is 0 Å². The molecule has 4 atom stereocenters. The topological polar surface area (TPSA) is 35.5 Å². The van der Waals surface area contributed by atoms with E-state index in [0.717, 1.165) is 12.0 Å². The smallest absolute Gasteiger partial charge is 0.309 e. The van der Waals surface area contributed by atoms with Crippen LogP contribution in [-0.4, -0.2) is 25.4 Å². The highest BCUT2D eigenvalue weighted by Gasteiger charge is 2.58. The van der Waals surface area contributed by atoms with Crippen molar-refractivity contribution in [1.82, 2.24) is 0 Å². The quantitative estimate of drug-likeness (QED) is 0.482. The van der Waals surface area contributed by atoms with E-state index in [1.807, 2.05) is 30.3 Å². The van der Waals surface area contributed by atoms with E-state index in [2.05, 4.69) is 21.3 Å². The fraction of sp³-hybridized carbons (Fsp3) is 0.471. The highest BCUT2D eigenvalue weighted by atomic mass is 16.5. The van der Waals surface area contributed by atoms with Crippen LogP contribution in [0.25, 0.3) is 0 Å². The van der Waals surface area contributed by atoms with Gasteiger partial charge in [-0.15, -0.1) is 0 Å². The molecule has 1 aromatic carbocycles. The lowest BCUT2D eigenvalue weighted by Crippen LogP contribution is -2.37. The van der Waals surface area contributed by atoms with Crippen LogP contribution in [-0.2, 0) is 20.9 Å². The minimum atomic E-state index is -0.394. The van der Waals surface area contributed by atoms with Crippen molar-refractivity contribution in [2.45, 2.75) is 38.0 Å². The number of rotatable bonds is 4. The molecule has 110 valence electrons. The van der Waals surface area contributed by atoms with Crippen LogP contribution in [0.3, 0.4) is 0 Å². The molecule has 0 amide bonds. The molecular weight excluding hydrogens is 263 g/mol. The lowest BCUT2D eigenvalue weighted by molar-refractivity contribution is -0.153. The van der Waals surface area contributed by atoms with E-state index in [1.165, 1.54) is 5.57 Å². The normalized spacial score (nSPS) is 34.1. The van der Waals surface area contributed by atoms with Crippen LogP contribution in [0.5, 0.6) is 0 Å². The molecule has 0 spiro atoms. The van der Waals surface area contributed by atoms with Crippen molar-refractivity contribution in [3.05, 3.63) is 48.0 Å². The lowest BCUT2D eigenvalue weighted by Gasteiger charge is -2.31. The SMILES string of the molecule is B[C@@H]1O[C@]2(CC(=O)OCc3ccccc3)CC(=C)C1[C@@H]2C. The van der Waals surface area contributed by atoms with E-state index in [0.29, 0.717) is 24.9 Å². The van der Waals surface area contributed by atoms with Gasteiger partial charge in [-0.25, -0.2) is 0 Å². The molecule has 2 fully saturated rings. The summed E-state index contributed by atoms with van der Waals surface area (Å²) in [6.07, 6.45) is 1.10. The molecule has 3 nitrogen and oxygen atoms in total. The molecule has 1 unspecified atom stereocenters. The van der Waals surface area contributed by atoms with Gasteiger partial charge in [-0.05, 0) is 17.9 Å². The molecule has 3 rings (SSSR count). The summed E-state index contributed by atoms with van der Waals surface area (Å²) in [5.74, 6) is 0.532. The summed E-state index contributed by atoms with van der Waals surface area (Å²) in [5, 5.41) is 0. The molecule has 0 aromatic heterocycles. The zero-order valence-electron chi connectivity index (χ0n) is 12.7. The molecule has 0 radical (unpaired) electrons. The molecule has 1 saturated heterocycles. The molecule has 21 heavy (non-hydrogen) atoms. The van der Waals surface area contributed by atoms with Gasteiger partial charge in [-0.3, -0.25) is 4.79 Å². The van der Waals surface area contributed by atoms with Crippen LogP contribution in [0.4, 0.5) is 0 Å². The van der Waals surface area contributed by atoms with E-state index in [4.69, 9.17) is 9.47 Å². The van der Waals surface area contributed by atoms with Crippen LogP contribution in [0.2, 0.25) is 0 Å². The van der Waals surface area contributed by atoms with Crippen LogP contribution in [0.15, 0.2) is 42.5 Å². The number of hydrogen-bond acceptors (Lipinski definition) is 3. The van der Waals surface area contributed by atoms with Crippen molar-refractivity contribution >= 4 is 13.8 Å². The second kappa shape index (κ2) is 5.34. The number of benzene rings is 1. The molecule has 1 saturated carbocycles. The average molecular weight is 284 g/mol. The van der Waals surface area contributed by atoms with Gasteiger partial charge in [0.05, 0.1) is 12.0 Å². The summed E-state index contributed by atoms with van der Waals surface area (Å²) in [6, 6.07) is 9.90. The van der Waals surface area contributed by atoms with Gasteiger partial charge < -0.3 is 9.47 Å². The van der Waals surface area contributed by atoms with Crippen molar-refractivity contribution in [3.63, 3.8) is 0 Å². The fourth-order valence-electron chi connectivity index (χ4n) is 3.97. The number of fused-ring (bicyclic) bond motifs is 2. The molecule has 0 N–H and O–H groups in total. The summed E-state index contributed by atoms with van der Waals surface area (Å²) in [4.78, 5) is 12.2. The predicted octanol–water partition coefficient (Wildman–Crippen LogP) is 2.06. The zero-order valence-corrected chi connectivity index (χ0v) is 12.7. The summed E-state index contributed by atoms with van der Waals surface area (Å²) in [7, 11) is 2.07. The lowest BCUT2D eigenvalue weighted by atomic mass is 9.80. The van der Waals surface area contributed by atoms with Gasteiger partial charge >= 0.3 is 5.97 Å². The molecular formula is C17H21BO3. The van der Waals surface area contributed by atoms with Crippen molar-refractivity contribution in [3.8, 4) is 0 Å². The Morgan fingerprint density at radius 3 is 2.81 bits per heavy atom. The molecule has 1 aliphatic heterocycles. The first kappa shape index (κ1) is 14.4. The van der Waals surface area contributed by atoms with E-state index in [-0.39, 0.29) is 12.0 Å². The Bertz CT molecular complexity index is 556. The second-order valence-corrected chi connectivity index (χ2v) is 6.36. The number of carbonyl (C=O) groups excluding carboxylic acids is 1. The maximum Gasteiger partial charge on any atom is 0.309 e. The van der Waals surface area contributed by atoms with Crippen LogP contribution in [0, 0.1) is 11.8 Å². The summed E-state index contributed by atoms with van der Waals surface area (Å²) in [6.45, 7) is 6.64. The van der Waals surface area contributed by atoms with E-state index < -0.39 is 5.60 Å². The van der Waals surface area contributed by atoms with Gasteiger partial charge in [-0.2, -0.15) is 0 Å². The molecule has 1 heterocycles. The monoisotopic (exact) mass is 284 g/mol. The van der Waals surface area contributed by atoms with E-state index >= 15 is 0 Å². The van der Waals surface area contributed by atoms with Crippen molar-refractivity contribution < 1.29 is 14.3 Å². The number of hydrogen-bond donors (Lipinski definition) is 0. The fourth-order valence-corrected chi connectivity index (χ4v) is 3.97. The Labute approximate surface area is 126 Å². The standard InChI is InChI=1S/C17H21BO3/c1-11-8-17(12(2)15(11)16(18)21-17)9-14(19)20-10-13-6-4-3-5-7-13/h3-7,12,15-16H,1,8-10,18H2,2H3/t12-,15?,16+,17-/m0/s1. The Hall–Kier alpha value is -1.55. The van der Waals surface area contributed by atoms with Gasteiger partial charge in [0.1, 0.15) is 14.5 Å². The largest absolute Gasteiger partial charge is 0.461 e. The average Bonchev–Trinajstić information content (AvgIpc) is 2.82. The Morgan fingerprint density at radius 1 is 1.48 bits per heavy atom. The molecule has 1 aromatic rings. The van der Waals surface area contributed by atoms with Gasteiger partial charge in [0.15, 0.2) is 0 Å². The van der Waals surface area contributed by atoms with Gasteiger partial charge in [0.25, 0.3) is 0 Å². The Balaban J connectivity index is 1.61. The van der Waals surface area contributed by atoms with Crippen LogP contribution < -0.4 is 0 Å². The van der Waals surface area contributed by atoms with E-state index in [9.17, 15) is 4.79 Å². The minimum absolute atomic E-state index is 0.156. The summed E-state index contributed by atoms with van der Waals surface area (Å²) >= 11 is 0. The molecule has 2 bridgehead atoms. The Morgan fingerprint density at radius 2 is 2.19 bits per heavy atom. The first-order valence-electron chi connectivity index (χ1n) is 7.57. The first-order chi connectivity index (χ1) is 10.0. The number of ether oxygens (including phenoxy) is 2. The summed E-state index contributed by atoms with van der Waals surface area (Å²) in [5.41, 5.74) is 1.83. The molecule has 1 aliphatic carbocycles. The van der Waals surface area contributed by atoms with Crippen molar-refractivity contribution in [2.24, 2.45) is 11.8 Å². The third-order valence-electron chi connectivity index (χ3n) is 4.98. The van der Waals surface area contributed by atoms with Gasteiger partial charge in [0, 0.05) is 11.9 Å². The highest BCUT2D eigenvalue weighted by molar-refractivity contribution is 6.11.